The Morgan fingerprint density at radius 3 is 2.14 bits per heavy atom. The van der Waals surface area contributed by atoms with E-state index in [9.17, 15) is 14.4 Å². The molecule has 204 valence electrons. The fraction of sp³-hybridized carbons (Fsp3) is 0.690. The fourth-order valence-corrected chi connectivity index (χ4v) is 4.03. The third-order valence-corrected chi connectivity index (χ3v) is 6.27. The van der Waals surface area contributed by atoms with Crippen molar-refractivity contribution in [3.05, 3.63) is 35.4 Å². The van der Waals surface area contributed by atoms with Crippen molar-refractivity contribution in [2.24, 2.45) is 5.92 Å². The van der Waals surface area contributed by atoms with E-state index in [1.54, 1.807) is 25.7 Å². The second kappa shape index (κ2) is 13.7. The summed E-state index contributed by atoms with van der Waals surface area (Å²) in [4.78, 5) is 42.4. The summed E-state index contributed by atoms with van der Waals surface area (Å²) in [6, 6.07) is 6.01. The third-order valence-electron chi connectivity index (χ3n) is 6.27. The molecule has 2 N–H and O–H groups in total. The van der Waals surface area contributed by atoms with Gasteiger partial charge in [0.05, 0.1) is 0 Å². The lowest BCUT2D eigenvalue weighted by atomic mass is 9.89. The summed E-state index contributed by atoms with van der Waals surface area (Å²) in [5.74, 6) is -0.371. The summed E-state index contributed by atoms with van der Waals surface area (Å²) in [6.45, 7) is 19.9. The zero-order valence-electron chi connectivity index (χ0n) is 24.2. The average molecular weight is 504 g/mol. The second-order valence-electron chi connectivity index (χ2n) is 11.6. The molecule has 7 heteroatoms. The van der Waals surface area contributed by atoms with Crippen LogP contribution in [0.2, 0.25) is 0 Å². The van der Waals surface area contributed by atoms with Crippen molar-refractivity contribution in [1.82, 2.24) is 15.5 Å². The van der Waals surface area contributed by atoms with Crippen LogP contribution in [0.1, 0.15) is 105 Å². The van der Waals surface area contributed by atoms with Gasteiger partial charge in [0.1, 0.15) is 17.7 Å². The number of aryl methyl sites for hydroxylation is 1. The topological polar surface area (TPSA) is 87.7 Å². The maximum absolute atomic E-state index is 14.3. The minimum Gasteiger partial charge on any atom is -0.444 e. The van der Waals surface area contributed by atoms with Crippen LogP contribution in [0.4, 0.5) is 4.79 Å². The first kappa shape index (κ1) is 31.5. The number of alkyl carbamates (subject to hydrolysis) is 1. The van der Waals surface area contributed by atoms with Gasteiger partial charge in [-0.05, 0) is 77.8 Å². The molecule has 3 amide bonds. The molecule has 1 rings (SSSR count). The highest BCUT2D eigenvalue weighted by atomic mass is 16.6. The van der Waals surface area contributed by atoms with E-state index in [0.29, 0.717) is 19.4 Å². The molecular formula is C29H49N3O4. The average Bonchev–Trinajstić information content (AvgIpc) is 2.75. The minimum atomic E-state index is -0.833. The van der Waals surface area contributed by atoms with Crippen LogP contribution >= 0.6 is 0 Å². The van der Waals surface area contributed by atoms with Gasteiger partial charge in [0.2, 0.25) is 11.8 Å². The van der Waals surface area contributed by atoms with Crippen LogP contribution in [0.15, 0.2) is 24.3 Å². The van der Waals surface area contributed by atoms with Gasteiger partial charge in [0.25, 0.3) is 0 Å². The van der Waals surface area contributed by atoms with Gasteiger partial charge < -0.3 is 20.3 Å². The number of nitrogens with one attached hydrogen (secondary N) is 2. The molecule has 0 bridgehead atoms. The van der Waals surface area contributed by atoms with E-state index in [1.165, 1.54) is 0 Å². The lowest BCUT2D eigenvalue weighted by Crippen LogP contribution is -2.59. The van der Waals surface area contributed by atoms with Gasteiger partial charge in [-0.25, -0.2) is 4.79 Å². The van der Waals surface area contributed by atoms with Gasteiger partial charge >= 0.3 is 6.09 Å². The van der Waals surface area contributed by atoms with Crippen LogP contribution in [-0.2, 0) is 14.3 Å². The molecule has 0 aromatic heterocycles. The molecule has 0 radical (unpaired) electrons. The number of rotatable bonds is 12. The van der Waals surface area contributed by atoms with E-state index in [-0.39, 0.29) is 17.7 Å². The fourth-order valence-electron chi connectivity index (χ4n) is 4.03. The zero-order chi connectivity index (χ0) is 27.7. The van der Waals surface area contributed by atoms with Gasteiger partial charge in [-0.3, -0.25) is 9.59 Å². The van der Waals surface area contributed by atoms with Crippen LogP contribution in [-0.4, -0.2) is 46.5 Å². The predicted molar refractivity (Wildman–Crippen MR) is 146 cm³/mol. The van der Waals surface area contributed by atoms with Crippen molar-refractivity contribution in [2.75, 3.05) is 6.54 Å². The van der Waals surface area contributed by atoms with Crippen molar-refractivity contribution in [3.8, 4) is 0 Å². The van der Waals surface area contributed by atoms with Crippen molar-refractivity contribution in [2.45, 2.75) is 118 Å². The van der Waals surface area contributed by atoms with Crippen molar-refractivity contribution in [1.29, 1.82) is 0 Å². The van der Waals surface area contributed by atoms with Gasteiger partial charge in [0, 0.05) is 12.1 Å². The SMILES string of the molecule is CCCCNC(=O)C(c1ccccc1C)N(C(=O)C(CC(C)C)NC(=O)OC(C)(C)C)C(C)(C)CC. The first-order chi connectivity index (χ1) is 16.6. The lowest BCUT2D eigenvalue weighted by molar-refractivity contribution is -0.149. The number of carbonyl (C=O) groups is 3. The highest BCUT2D eigenvalue weighted by Crippen LogP contribution is 2.34. The van der Waals surface area contributed by atoms with Crippen molar-refractivity contribution in [3.63, 3.8) is 0 Å². The highest BCUT2D eigenvalue weighted by molar-refractivity contribution is 5.92. The first-order valence-electron chi connectivity index (χ1n) is 13.3. The summed E-state index contributed by atoms with van der Waals surface area (Å²) < 4.78 is 5.47. The number of nitrogens with zero attached hydrogens (tertiary/aromatic N) is 1. The maximum Gasteiger partial charge on any atom is 0.408 e. The van der Waals surface area contributed by atoms with E-state index >= 15 is 0 Å². The van der Waals surface area contributed by atoms with Crippen LogP contribution in [0, 0.1) is 12.8 Å². The maximum atomic E-state index is 14.3. The second-order valence-corrected chi connectivity index (χ2v) is 11.6. The summed E-state index contributed by atoms with van der Waals surface area (Å²) in [6.07, 6.45) is 2.22. The summed E-state index contributed by atoms with van der Waals surface area (Å²) >= 11 is 0. The standard InChI is InChI=1S/C29H49N3O4/c1-11-13-18-30-25(33)24(22-17-15-14-16-21(22)5)32(29(9,10)12-2)26(34)23(19-20(3)4)31-27(35)36-28(6,7)8/h14-17,20,23-24H,11-13,18-19H2,1-10H3,(H,30,33)(H,31,35). The molecule has 1 aromatic carbocycles. The van der Waals surface area contributed by atoms with E-state index in [2.05, 4.69) is 17.6 Å². The minimum absolute atomic E-state index is 0.135. The number of hydrogen-bond acceptors (Lipinski definition) is 4. The summed E-state index contributed by atoms with van der Waals surface area (Å²) in [5.41, 5.74) is 0.359. The quantitative estimate of drug-likeness (QED) is 0.347. The lowest BCUT2D eigenvalue weighted by Gasteiger charge is -2.45. The summed E-state index contributed by atoms with van der Waals surface area (Å²) in [5, 5.41) is 5.86. The molecular weight excluding hydrogens is 454 g/mol. The van der Waals surface area contributed by atoms with E-state index in [1.807, 2.05) is 65.8 Å². The molecule has 0 aliphatic carbocycles. The zero-order valence-corrected chi connectivity index (χ0v) is 24.2. The number of amides is 3. The predicted octanol–water partition coefficient (Wildman–Crippen LogP) is 5.91. The van der Waals surface area contributed by atoms with Crippen LogP contribution < -0.4 is 10.6 Å². The summed E-state index contributed by atoms with van der Waals surface area (Å²) in [7, 11) is 0. The van der Waals surface area contributed by atoms with Gasteiger partial charge in [-0.1, -0.05) is 58.4 Å². The van der Waals surface area contributed by atoms with E-state index in [4.69, 9.17) is 4.74 Å². The monoisotopic (exact) mass is 503 g/mol. The Morgan fingerprint density at radius 2 is 1.64 bits per heavy atom. The Kier molecular flexibility index (Phi) is 11.9. The Labute approximate surface area is 218 Å². The molecule has 0 fully saturated rings. The molecule has 2 unspecified atom stereocenters. The van der Waals surface area contributed by atoms with Crippen LogP contribution in [0.25, 0.3) is 0 Å². The third kappa shape index (κ3) is 9.47. The molecule has 0 aliphatic rings. The molecule has 36 heavy (non-hydrogen) atoms. The molecule has 0 saturated carbocycles. The van der Waals surface area contributed by atoms with Gasteiger partial charge in [-0.15, -0.1) is 0 Å². The Balaban J connectivity index is 3.61. The molecule has 2 atom stereocenters. The number of hydrogen-bond donors (Lipinski definition) is 2. The first-order valence-corrected chi connectivity index (χ1v) is 13.3. The Morgan fingerprint density at radius 1 is 1.03 bits per heavy atom. The van der Waals surface area contributed by atoms with Gasteiger partial charge in [0.15, 0.2) is 0 Å². The number of ether oxygens (including phenoxy) is 1. The molecule has 1 aromatic rings. The molecule has 0 saturated heterocycles. The number of benzene rings is 1. The molecule has 7 nitrogen and oxygen atoms in total. The Hall–Kier alpha value is -2.57. The van der Waals surface area contributed by atoms with Gasteiger partial charge in [-0.2, -0.15) is 0 Å². The van der Waals surface area contributed by atoms with Crippen molar-refractivity contribution < 1.29 is 19.1 Å². The number of unbranched alkanes of at least 4 members (excludes halogenated alkanes) is 1. The largest absolute Gasteiger partial charge is 0.444 e. The highest BCUT2D eigenvalue weighted by Gasteiger charge is 2.43. The van der Waals surface area contributed by atoms with Crippen LogP contribution in [0.5, 0.6) is 0 Å². The van der Waals surface area contributed by atoms with E-state index in [0.717, 1.165) is 24.0 Å². The number of carbonyl (C=O) groups excluding carboxylic acids is 3. The molecule has 0 aliphatic heterocycles. The van der Waals surface area contributed by atoms with Crippen molar-refractivity contribution >= 4 is 17.9 Å². The van der Waals surface area contributed by atoms with Crippen LogP contribution in [0.3, 0.4) is 0 Å². The normalized spacial score (nSPS) is 13.6. The molecule has 0 spiro atoms. The molecule has 0 heterocycles. The smallest absolute Gasteiger partial charge is 0.408 e. The Bertz CT molecular complexity index is 874. The van der Waals surface area contributed by atoms with E-state index < -0.39 is 29.3 Å².